The van der Waals surface area contributed by atoms with Gasteiger partial charge in [-0.25, -0.2) is 0 Å². The molecule has 5 heteroatoms. The van der Waals surface area contributed by atoms with Gasteiger partial charge in [0.05, 0.1) is 17.0 Å². The van der Waals surface area contributed by atoms with Gasteiger partial charge in [0, 0.05) is 10.0 Å². The molecule has 1 saturated heterocycles. The molecular weight excluding hydrogens is 362 g/mol. The summed E-state index contributed by atoms with van der Waals surface area (Å²) in [6.45, 7) is 0. The van der Waals surface area contributed by atoms with Crippen molar-refractivity contribution >= 4 is 39.4 Å². The van der Waals surface area contributed by atoms with Crippen molar-refractivity contribution in [1.82, 2.24) is 5.32 Å². The van der Waals surface area contributed by atoms with Crippen molar-refractivity contribution in [1.29, 1.82) is 0 Å². The standard InChI is InChI=1S/C17H14BrNO2S/c18-13-8-6-11(7-9-13)15-17(22-10-14(20)19-15)16(21)12-4-2-1-3-5-12/h1-9,15,17H,10H2,(H,19,20)/t15-,17+/m0/s1. The van der Waals surface area contributed by atoms with Crippen LogP contribution in [0.15, 0.2) is 59.1 Å². The average molecular weight is 376 g/mol. The largest absolute Gasteiger partial charge is 0.347 e. The highest BCUT2D eigenvalue weighted by Gasteiger charge is 2.35. The maximum Gasteiger partial charge on any atom is 0.230 e. The molecule has 3 rings (SSSR count). The Labute approximate surface area is 141 Å². The third kappa shape index (κ3) is 3.25. The first-order chi connectivity index (χ1) is 10.6. The number of hydrogen-bond donors (Lipinski definition) is 1. The van der Waals surface area contributed by atoms with E-state index in [1.54, 1.807) is 0 Å². The van der Waals surface area contributed by atoms with Crippen LogP contribution in [0.3, 0.4) is 0 Å². The van der Waals surface area contributed by atoms with Gasteiger partial charge < -0.3 is 5.32 Å². The summed E-state index contributed by atoms with van der Waals surface area (Å²) in [7, 11) is 0. The predicted octanol–water partition coefficient (Wildman–Crippen LogP) is 3.60. The van der Waals surface area contributed by atoms with Crippen LogP contribution in [0, 0.1) is 0 Å². The number of carbonyl (C=O) groups excluding carboxylic acids is 2. The highest BCUT2D eigenvalue weighted by atomic mass is 79.9. The van der Waals surface area contributed by atoms with Crippen LogP contribution in [-0.4, -0.2) is 22.7 Å². The zero-order valence-electron chi connectivity index (χ0n) is 11.7. The van der Waals surface area contributed by atoms with Gasteiger partial charge in [0.15, 0.2) is 5.78 Å². The molecule has 0 bridgehead atoms. The summed E-state index contributed by atoms with van der Waals surface area (Å²) in [6, 6.07) is 16.6. The van der Waals surface area contributed by atoms with Crippen LogP contribution >= 0.6 is 27.7 Å². The highest BCUT2D eigenvalue weighted by molar-refractivity contribution is 9.10. The number of hydrogen-bond acceptors (Lipinski definition) is 3. The molecule has 0 saturated carbocycles. The molecule has 2 aromatic carbocycles. The maximum atomic E-state index is 12.8. The number of Topliss-reactive ketones (excluding diaryl/α,β-unsaturated/α-hetero) is 1. The third-order valence-corrected chi connectivity index (χ3v) is 5.36. The van der Waals surface area contributed by atoms with Crippen LogP contribution in [-0.2, 0) is 4.79 Å². The number of benzene rings is 2. The molecule has 0 aromatic heterocycles. The van der Waals surface area contributed by atoms with Crippen molar-refractivity contribution in [2.45, 2.75) is 11.3 Å². The van der Waals surface area contributed by atoms with Gasteiger partial charge in [-0.15, -0.1) is 11.8 Å². The van der Waals surface area contributed by atoms with Crippen LogP contribution in [0.2, 0.25) is 0 Å². The molecule has 112 valence electrons. The number of rotatable bonds is 3. The van der Waals surface area contributed by atoms with Crippen molar-refractivity contribution in [2.24, 2.45) is 0 Å². The smallest absolute Gasteiger partial charge is 0.230 e. The summed E-state index contributed by atoms with van der Waals surface area (Å²) in [5.74, 6) is 0.338. The molecule has 0 aliphatic carbocycles. The molecule has 1 aliphatic rings. The lowest BCUT2D eigenvalue weighted by Gasteiger charge is -2.31. The van der Waals surface area contributed by atoms with Gasteiger partial charge in [-0.3, -0.25) is 9.59 Å². The first kappa shape index (κ1) is 15.3. The van der Waals surface area contributed by atoms with Crippen molar-refractivity contribution in [3.05, 3.63) is 70.2 Å². The van der Waals surface area contributed by atoms with Gasteiger partial charge in [0.1, 0.15) is 0 Å². The lowest BCUT2D eigenvalue weighted by Crippen LogP contribution is -2.44. The molecular formula is C17H14BrNO2S. The summed E-state index contributed by atoms with van der Waals surface area (Å²) in [6.07, 6.45) is 0. The Morgan fingerprint density at radius 2 is 1.77 bits per heavy atom. The monoisotopic (exact) mass is 375 g/mol. The summed E-state index contributed by atoms with van der Waals surface area (Å²) < 4.78 is 0.969. The SMILES string of the molecule is O=C1CS[C@@H](C(=O)c2ccccc2)[C@H](c2ccc(Br)cc2)N1. The third-order valence-electron chi connectivity index (χ3n) is 3.56. The summed E-state index contributed by atoms with van der Waals surface area (Å²) in [5.41, 5.74) is 1.62. The molecule has 22 heavy (non-hydrogen) atoms. The molecule has 2 aromatic rings. The molecule has 1 aliphatic heterocycles. The first-order valence-electron chi connectivity index (χ1n) is 6.91. The van der Waals surface area contributed by atoms with E-state index in [1.165, 1.54) is 11.8 Å². The topological polar surface area (TPSA) is 46.2 Å². The van der Waals surface area contributed by atoms with Gasteiger partial charge in [0.25, 0.3) is 0 Å². The Morgan fingerprint density at radius 3 is 2.45 bits per heavy atom. The lowest BCUT2D eigenvalue weighted by atomic mass is 9.97. The first-order valence-corrected chi connectivity index (χ1v) is 8.75. The minimum Gasteiger partial charge on any atom is -0.347 e. The van der Waals surface area contributed by atoms with Crippen molar-refractivity contribution < 1.29 is 9.59 Å². The second kappa shape index (κ2) is 6.67. The van der Waals surface area contributed by atoms with E-state index in [0.29, 0.717) is 11.3 Å². The van der Waals surface area contributed by atoms with Crippen molar-refractivity contribution in [3.8, 4) is 0 Å². The van der Waals surface area contributed by atoms with E-state index in [4.69, 9.17) is 0 Å². The zero-order valence-corrected chi connectivity index (χ0v) is 14.1. The maximum absolute atomic E-state index is 12.8. The predicted molar refractivity (Wildman–Crippen MR) is 92.0 cm³/mol. The van der Waals surface area contributed by atoms with E-state index in [9.17, 15) is 9.59 Å². The normalized spacial score (nSPS) is 21.2. The fourth-order valence-corrected chi connectivity index (χ4v) is 3.86. The second-order valence-corrected chi connectivity index (χ2v) is 7.10. The summed E-state index contributed by atoms with van der Waals surface area (Å²) >= 11 is 4.81. The zero-order chi connectivity index (χ0) is 15.5. The van der Waals surface area contributed by atoms with Crippen LogP contribution in [0.5, 0.6) is 0 Å². The lowest BCUT2D eigenvalue weighted by molar-refractivity contribution is -0.119. The van der Waals surface area contributed by atoms with E-state index in [2.05, 4.69) is 21.2 Å². The minimum absolute atomic E-state index is 0.0324. The number of thioether (sulfide) groups is 1. The van der Waals surface area contributed by atoms with E-state index in [-0.39, 0.29) is 23.0 Å². The molecule has 2 atom stereocenters. The van der Waals surface area contributed by atoms with Crippen LogP contribution < -0.4 is 5.32 Å². The van der Waals surface area contributed by atoms with Crippen LogP contribution in [0.25, 0.3) is 0 Å². The van der Waals surface area contributed by atoms with Crippen molar-refractivity contribution in [2.75, 3.05) is 5.75 Å². The Kier molecular flexibility index (Phi) is 4.64. The van der Waals surface area contributed by atoms with E-state index in [0.717, 1.165) is 10.0 Å². The van der Waals surface area contributed by atoms with Gasteiger partial charge >= 0.3 is 0 Å². The average Bonchev–Trinajstić information content (AvgIpc) is 2.56. The number of amides is 1. The number of nitrogens with one attached hydrogen (secondary N) is 1. The van der Waals surface area contributed by atoms with E-state index in [1.807, 2.05) is 54.6 Å². The molecule has 1 amide bonds. The van der Waals surface area contributed by atoms with E-state index < -0.39 is 0 Å². The van der Waals surface area contributed by atoms with Gasteiger partial charge in [-0.05, 0) is 17.7 Å². The summed E-state index contributed by atoms with van der Waals surface area (Å²) in [4.78, 5) is 24.5. The Morgan fingerprint density at radius 1 is 1.09 bits per heavy atom. The van der Waals surface area contributed by atoms with E-state index >= 15 is 0 Å². The van der Waals surface area contributed by atoms with Gasteiger partial charge in [-0.2, -0.15) is 0 Å². The highest BCUT2D eigenvalue weighted by Crippen LogP contribution is 2.33. The van der Waals surface area contributed by atoms with Crippen LogP contribution in [0.1, 0.15) is 22.0 Å². The molecule has 0 unspecified atom stereocenters. The molecule has 1 heterocycles. The molecule has 1 fully saturated rings. The number of halogens is 1. The number of ketones is 1. The molecule has 3 nitrogen and oxygen atoms in total. The molecule has 0 spiro atoms. The summed E-state index contributed by atoms with van der Waals surface area (Å²) in [5, 5.41) is 2.65. The number of carbonyl (C=O) groups is 2. The Balaban J connectivity index is 1.92. The quantitative estimate of drug-likeness (QED) is 0.833. The Hall–Kier alpha value is -1.59. The molecule has 0 radical (unpaired) electrons. The molecule has 1 N–H and O–H groups in total. The second-order valence-electron chi connectivity index (χ2n) is 5.06. The van der Waals surface area contributed by atoms with Gasteiger partial charge in [0.2, 0.25) is 5.91 Å². The minimum atomic E-state index is -0.304. The van der Waals surface area contributed by atoms with Crippen molar-refractivity contribution in [3.63, 3.8) is 0 Å². The fraction of sp³-hybridized carbons (Fsp3) is 0.176. The Bertz CT molecular complexity index is 688. The fourth-order valence-electron chi connectivity index (χ4n) is 2.47. The van der Waals surface area contributed by atoms with Crippen LogP contribution in [0.4, 0.5) is 0 Å². The van der Waals surface area contributed by atoms with Gasteiger partial charge in [-0.1, -0.05) is 58.4 Å².